The van der Waals surface area contributed by atoms with Gasteiger partial charge in [-0.05, 0) is 23.9 Å². The molecule has 1 aliphatic carbocycles. The molecule has 0 aromatic rings. The average molecular weight is 171 g/mol. The monoisotopic (exact) mass is 171 g/mol. The van der Waals surface area contributed by atoms with Gasteiger partial charge in [-0.1, -0.05) is 33.6 Å². The fourth-order valence-corrected chi connectivity index (χ4v) is 3.61. The van der Waals surface area contributed by atoms with E-state index in [0.717, 1.165) is 5.04 Å². The topological polar surface area (TPSA) is 12.0 Å². The molecule has 1 aliphatic rings. The molecule has 66 valence electrons. The lowest BCUT2D eigenvalue weighted by Crippen LogP contribution is -2.34. The third-order valence-electron chi connectivity index (χ3n) is 2.75. The van der Waals surface area contributed by atoms with Crippen molar-refractivity contribution in [2.24, 2.45) is 0 Å². The summed E-state index contributed by atoms with van der Waals surface area (Å²) in [5.74, 6) is 0. The van der Waals surface area contributed by atoms with Crippen LogP contribution >= 0.6 is 0 Å². The highest BCUT2D eigenvalue weighted by Crippen LogP contribution is 2.42. The third kappa shape index (κ3) is 2.95. The molecule has 0 amide bonds. The molecule has 0 aromatic carbocycles. The van der Waals surface area contributed by atoms with E-state index in [1.54, 1.807) is 0 Å². The summed E-state index contributed by atoms with van der Waals surface area (Å²) in [6.07, 6.45) is 5.92. The molecule has 0 atom stereocenters. The fourth-order valence-electron chi connectivity index (χ4n) is 1.86. The van der Waals surface area contributed by atoms with Crippen LogP contribution in [0.2, 0.25) is 5.04 Å². The maximum atomic E-state index is 3.67. The van der Waals surface area contributed by atoms with Crippen LogP contribution in [0.1, 0.15) is 46.5 Å². The lowest BCUT2D eigenvalue weighted by molar-refractivity contribution is 0.604. The molecule has 0 unspecified atom stereocenters. The Bertz CT molecular complexity index is 117. The number of hydrogen-bond acceptors (Lipinski definition) is 1. The standard InChI is InChI=1S/C9H21NSi/c1-8(2)10-11-9(3)6-4-5-7-9/h8,10H,4-7,11H2,1-3H3. The highest BCUT2D eigenvalue weighted by Gasteiger charge is 2.28. The average Bonchev–Trinajstić information content (AvgIpc) is 2.33. The third-order valence-corrected chi connectivity index (χ3v) is 5.33. The van der Waals surface area contributed by atoms with Crippen molar-refractivity contribution in [3.63, 3.8) is 0 Å². The van der Waals surface area contributed by atoms with E-state index in [-0.39, 0.29) is 9.68 Å². The molecular formula is C9H21NSi. The first-order valence-electron chi connectivity index (χ1n) is 4.86. The van der Waals surface area contributed by atoms with E-state index in [9.17, 15) is 0 Å². The zero-order valence-electron chi connectivity index (χ0n) is 8.11. The molecule has 0 aliphatic heterocycles. The van der Waals surface area contributed by atoms with Crippen LogP contribution in [0, 0.1) is 0 Å². The summed E-state index contributed by atoms with van der Waals surface area (Å²) in [7, 11) is -0.00617. The molecular weight excluding hydrogens is 150 g/mol. The van der Waals surface area contributed by atoms with Crippen LogP contribution in [0.15, 0.2) is 0 Å². The van der Waals surface area contributed by atoms with Gasteiger partial charge in [0.15, 0.2) is 0 Å². The van der Waals surface area contributed by atoms with Crippen molar-refractivity contribution in [2.75, 3.05) is 0 Å². The largest absolute Gasteiger partial charge is 0.340 e. The van der Waals surface area contributed by atoms with Gasteiger partial charge in [-0.2, -0.15) is 0 Å². The summed E-state index contributed by atoms with van der Waals surface area (Å²) in [5, 5.41) is 0.754. The Labute approximate surface area is 72.9 Å². The second-order valence-corrected chi connectivity index (χ2v) is 7.02. The first-order valence-corrected chi connectivity index (χ1v) is 6.27. The molecule has 11 heavy (non-hydrogen) atoms. The maximum Gasteiger partial charge on any atom is 0.0978 e. The van der Waals surface area contributed by atoms with Gasteiger partial charge in [0.1, 0.15) is 0 Å². The van der Waals surface area contributed by atoms with E-state index in [1.807, 2.05) is 0 Å². The maximum absolute atomic E-state index is 3.67. The van der Waals surface area contributed by atoms with E-state index >= 15 is 0 Å². The van der Waals surface area contributed by atoms with Crippen LogP contribution in [-0.2, 0) is 0 Å². The summed E-state index contributed by atoms with van der Waals surface area (Å²) in [6.45, 7) is 6.98. The molecule has 0 bridgehead atoms. The van der Waals surface area contributed by atoms with Crippen molar-refractivity contribution in [1.82, 2.24) is 4.98 Å². The van der Waals surface area contributed by atoms with Gasteiger partial charge in [0, 0.05) is 0 Å². The van der Waals surface area contributed by atoms with Gasteiger partial charge in [-0.25, -0.2) is 0 Å². The molecule has 1 saturated carbocycles. The minimum absolute atomic E-state index is 0.00617. The van der Waals surface area contributed by atoms with Crippen LogP contribution in [0.5, 0.6) is 0 Å². The van der Waals surface area contributed by atoms with E-state index in [4.69, 9.17) is 0 Å². The van der Waals surface area contributed by atoms with Gasteiger partial charge >= 0.3 is 0 Å². The Kier molecular flexibility index (Phi) is 3.13. The van der Waals surface area contributed by atoms with Crippen LogP contribution < -0.4 is 4.98 Å². The van der Waals surface area contributed by atoms with Gasteiger partial charge < -0.3 is 4.98 Å². The van der Waals surface area contributed by atoms with Crippen LogP contribution in [0.4, 0.5) is 0 Å². The lowest BCUT2D eigenvalue weighted by atomic mass is 10.1. The first-order chi connectivity index (χ1) is 5.12. The molecule has 0 aromatic heterocycles. The SMILES string of the molecule is CC(C)N[SiH2]C1(C)CCCC1. The summed E-state index contributed by atoms with van der Waals surface area (Å²) >= 11 is 0. The van der Waals surface area contributed by atoms with Crippen molar-refractivity contribution in [1.29, 1.82) is 0 Å². The van der Waals surface area contributed by atoms with Crippen molar-refractivity contribution < 1.29 is 0 Å². The normalized spacial score (nSPS) is 24.0. The van der Waals surface area contributed by atoms with E-state index in [1.165, 1.54) is 25.7 Å². The van der Waals surface area contributed by atoms with Crippen LogP contribution in [0.3, 0.4) is 0 Å². The van der Waals surface area contributed by atoms with E-state index in [0.29, 0.717) is 6.04 Å². The minimum Gasteiger partial charge on any atom is -0.340 e. The molecule has 0 spiro atoms. The molecule has 1 rings (SSSR count). The van der Waals surface area contributed by atoms with Crippen molar-refractivity contribution in [3.8, 4) is 0 Å². The summed E-state index contributed by atoms with van der Waals surface area (Å²) in [4.78, 5) is 3.67. The Morgan fingerprint density at radius 3 is 2.27 bits per heavy atom. The first kappa shape index (κ1) is 9.27. The van der Waals surface area contributed by atoms with E-state index in [2.05, 4.69) is 25.8 Å². The molecule has 1 N–H and O–H groups in total. The Hall–Kier alpha value is 0.177. The minimum atomic E-state index is -0.00617. The zero-order valence-corrected chi connectivity index (χ0v) is 9.53. The van der Waals surface area contributed by atoms with Crippen molar-refractivity contribution in [3.05, 3.63) is 0 Å². The molecule has 2 heteroatoms. The molecule has 1 fully saturated rings. The smallest absolute Gasteiger partial charge is 0.0978 e. The number of hydrogen-bond donors (Lipinski definition) is 1. The van der Waals surface area contributed by atoms with Crippen molar-refractivity contribution in [2.45, 2.75) is 57.5 Å². The Morgan fingerprint density at radius 2 is 1.82 bits per heavy atom. The zero-order chi connectivity index (χ0) is 8.32. The molecule has 0 saturated heterocycles. The van der Waals surface area contributed by atoms with Gasteiger partial charge in [0.05, 0.1) is 9.68 Å². The quantitative estimate of drug-likeness (QED) is 0.639. The summed E-state index contributed by atoms with van der Waals surface area (Å²) < 4.78 is 0. The lowest BCUT2D eigenvalue weighted by Gasteiger charge is -2.24. The molecule has 0 radical (unpaired) electrons. The van der Waals surface area contributed by atoms with Crippen molar-refractivity contribution >= 4 is 9.68 Å². The van der Waals surface area contributed by atoms with Gasteiger partial charge in [0.2, 0.25) is 0 Å². The second kappa shape index (κ2) is 3.72. The Morgan fingerprint density at radius 1 is 1.27 bits per heavy atom. The predicted octanol–water partition coefficient (Wildman–Crippen LogP) is 1.82. The molecule has 0 heterocycles. The highest BCUT2D eigenvalue weighted by atomic mass is 28.2. The number of rotatable bonds is 3. The van der Waals surface area contributed by atoms with Crippen LogP contribution in [-0.4, -0.2) is 15.7 Å². The van der Waals surface area contributed by atoms with E-state index < -0.39 is 0 Å². The number of nitrogens with one attached hydrogen (secondary N) is 1. The van der Waals surface area contributed by atoms with Gasteiger partial charge in [-0.15, -0.1) is 0 Å². The molecule has 1 nitrogen and oxygen atoms in total. The van der Waals surface area contributed by atoms with Crippen LogP contribution in [0.25, 0.3) is 0 Å². The highest BCUT2D eigenvalue weighted by molar-refractivity contribution is 6.37. The second-order valence-electron chi connectivity index (χ2n) is 4.55. The van der Waals surface area contributed by atoms with Gasteiger partial charge in [0.25, 0.3) is 0 Å². The summed E-state index contributed by atoms with van der Waals surface area (Å²) in [5.41, 5.74) is 0. The fraction of sp³-hybridized carbons (Fsp3) is 1.00. The summed E-state index contributed by atoms with van der Waals surface area (Å²) in [6, 6.07) is 0.707. The van der Waals surface area contributed by atoms with Gasteiger partial charge in [-0.3, -0.25) is 0 Å². The predicted molar refractivity (Wildman–Crippen MR) is 53.7 cm³/mol. The Balaban J connectivity index is 2.23.